The molecule has 5 N–H and O–H groups in total. The van der Waals surface area contributed by atoms with E-state index in [1.54, 1.807) is 6.92 Å². The van der Waals surface area contributed by atoms with Crippen LogP contribution >= 0.6 is 0 Å². The molecule has 1 saturated heterocycles. The number of aryl methyl sites for hydroxylation is 1. The van der Waals surface area contributed by atoms with Gasteiger partial charge < -0.3 is 44.5 Å². The number of ketones is 3. The quantitative estimate of drug-likeness (QED) is 0.0750. The summed E-state index contributed by atoms with van der Waals surface area (Å²) < 4.78 is 19.8. The number of para-hydroxylation sites is 1. The Kier molecular flexibility index (Phi) is 9.72. The molecule has 6 atom stereocenters. The number of methoxy groups -OCH3 is 1. The minimum Gasteiger partial charge on any atom is -0.507 e. The van der Waals surface area contributed by atoms with E-state index in [0.29, 0.717) is 18.7 Å². The molecule has 0 saturated carbocycles. The summed E-state index contributed by atoms with van der Waals surface area (Å²) in [4.78, 5) is 52.0. The fourth-order valence-electron chi connectivity index (χ4n) is 8.08. The Hall–Kier alpha value is -4.92. The van der Waals surface area contributed by atoms with Crippen molar-refractivity contribution in [2.24, 2.45) is 0 Å². The largest absolute Gasteiger partial charge is 0.507 e. The Morgan fingerprint density at radius 1 is 1.06 bits per heavy atom. The highest BCUT2D eigenvalue weighted by Gasteiger charge is 2.49. The molecule has 53 heavy (non-hydrogen) atoms. The van der Waals surface area contributed by atoms with Crippen molar-refractivity contribution in [1.29, 1.82) is 0 Å². The second kappa shape index (κ2) is 14.1. The van der Waals surface area contributed by atoms with Gasteiger partial charge in [-0.3, -0.25) is 19.2 Å². The van der Waals surface area contributed by atoms with Crippen molar-refractivity contribution in [2.45, 2.75) is 88.7 Å². The molecular formula is C40H42N2O11. The van der Waals surface area contributed by atoms with Crippen LogP contribution in [0, 0.1) is 0 Å². The third-order valence-electron chi connectivity index (χ3n) is 10.9. The van der Waals surface area contributed by atoms with Crippen LogP contribution in [0.4, 0.5) is 0 Å². The highest BCUT2D eigenvalue weighted by Crippen LogP contribution is 2.52. The van der Waals surface area contributed by atoms with E-state index in [1.165, 1.54) is 32.2 Å². The van der Waals surface area contributed by atoms with Crippen molar-refractivity contribution in [3.63, 3.8) is 0 Å². The van der Waals surface area contributed by atoms with Crippen LogP contribution in [-0.4, -0.2) is 92.4 Å². The first-order valence-corrected chi connectivity index (χ1v) is 17.7. The lowest BCUT2D eigenvalue weighted by Gasteiger charge is -2.43. The van der Waals surface area contributed by atoms with E-state index in [2.05, 4.69) is 9.88 Å². The van der Waals surface area contributed by atoms with Gasteiger partial charge in [0.15, 0.2) is 24.1 Å². The molecule has 7 rings (SSSR count). The zero-order valence-electron chi connectivity index (χ0n) is 29.6. The van der Waals surface area contributed by atoms with Crippen molar-refractivity contribution < 1.29 is 53.8 Å². The van der Waals surface area contributed by atoms with Crippen LogP contribution in [-0.2, 0) is 27.2 Å². The summed E-state index contributed by atoms with van der Waals surface area (Å²) in [5, 5.41) is 50.2. The maximum absolute atomic E-state index is 13.9. The number of aromatic hydroxyl groups is 2. The molecule has 2 aliphatic carbocycles. The molecular weight excluding hydrogens is 684 g/mol. The van der Waals surface area contributed by atoms with E-state index in [4.69, 9.17) is 14.2 Å². The van der Waals surface area contributed by atoms with E-state index in [-0.39, 0.29) is 40.8 Å². The van der Waals surface area contributed by atoms with E-state index in [9.17, 15) is 39.6 Å². The minimum absolute atomic E-state index is 0.0196. The van der Waals surface area contributed by atoms with Crippen LogP contribution in [0.2, 0.25) is 0 Å². The number of ether oxygens (including phenoxy) is 3. The fourth-order valence-corrected chi connectivity index (χ4v) is 8.08. The number of phenolic OH excluding ortho intramolecular Hbond substituents is 2. The molecule has 13 nitrogen and oxygen atoms in total. The summed E-state index contributed by atoms with van der Waals surface area (Å²) in [6.45, 7) is 4.14. The van der Waals surface area contributed by atoms with Gasteiger partial charge in [0, 0.05) is 71.2 Å². The predicted octanol–water partition coefficient (Wildman–Crippen LogP) is 3.91. The number of nitrogens with one attached hydrogen (secondary N) is 1. The van der Waals surface area contributed by atoms with Gasteiger partial charge in [0.1, 0.15) is 22.8 Å². The molecule has 278 valence electrons. The van der Waals surface area contributed by atoms with Crippen molar-refractivity contribution in [3.8, 4) is 17.2 Å². The van der Waals surface area contributed by atoms with Gasteiger partial charge in [-0.15, -0.1) is 0 Å². The molecule has 0 bridgehead atoms. The molecule has 0 amide bonds. The standard InChI is InChI=1S/C40H42N2O11/c1-20-35(45)26(41-13-6-7-14-42-18-22(19-43)23-9-4-5-11-27(23)42)15-30(52-20)53-29-17-40(50,21(2)44)16-25-32(29)39(49)34-33(37(25)47)36(46)24-10-8-12-28(51-3)31(24)38(34)48/h4-5,8-12,18-20,26,29-30,35,41,45,47,49-50H,6-7,13-17H2,1-3H3/t20-,26-,29-,30?,35+,40-/m0/s1. The monoisotopic (exact) mass is 726 g/mol. The third kappa shape index (κ3) is 6.21. The first-order valence-electron chi connectivity index (χ1n) is 17.7. The molecule has 1 unspecified atom stereocenters. The number of carbonyl (C=O) groups excluding carboxylic acids is 4. The number of Topliss-reactive ketones (excluding diaryl/α,β-unsaturated/α-hetero) is 1. The van der Waals surface area contributed by atoms with Gasteiger partial charge in [-0.1, -0.05) is 30.3 Å². The lowest BCUT2D eigenvalue weighted by atomic mass is 9.72. The van der Waals surface area contributed by atoms with E-state index in [0.717, 1.165) is 30.0 Å². The second-order valence-corrected chi connectivity index (χ2v) is 14.2. The molecule has 1 fully saturated rings. The Labute approximate surface area is 305 Å². The van der Waals surface area contributed by atoms with Gasteiger partial charge in [-0.25, -0.2) is 0 Å². The van der Waals surface area contributed by atoms with Crippen LogP contribution in [0.5, 0.6) is 17.2 Å². The first kappa shape index (κ1) is 36.4. The SMILES string of the molecule is COc1cccc2c1C(=O)c1c(O)c3c(c(O)c1C2=O)C[C@@](O)(C(C)=O)C[C@@H]3OC1C[C@H](NCCCCn2cc(C=O)c3ccccc32)[C@H](O)[C@H](C)O1. The number of hydrogen-bond donors (Lipinski definition) is 5. The van der Waals surface area contributed by atoms with Gasteiger partial charge >= 0.3 is 0 Å². The molecule has 0 radical (unpaired) electrons. The average molecular weight is 727 g/mol. The Morgan fingerprint density at radius 3 is 2.55 bits per heavy atom. The van der Waals surface area contributed by atoms with Crippen molar-refractivity contribution in [3.05, 3.63) is 87.6 Å². The molecule has 2 heterocycles. The van der Waals surface area contributed by atoms with Gasteiger partial charge in [-0.2, -0.15) is 0 Å². The number of rotatable bonds is 11. The Bertz CT molecular complexity index is 2140. The number of phenols is 2. The number of aliphatic hydroxyl groups is 2. The molecule has 4 aromatic rings. The molecule has 0 spiro atoms. The number of benzene rings is 3. The van der Waals surface area contributed by atoms with Crippen LogP contribution in [0.3, 0.4) is 0 Å². The average Bonchev–Trinajstić information content (AvgIpc) is 3.50. The van der Waals surface area contributed by atoms with Crippen molar-refractivity contribution in [2.75, 3.05) is 13.7 Å². The van der Waals surface area contributed by atoms with Crippen LogP contribution < -0.4 is 10.1 Å². The first-order chi connectivity index (χ1) is 25.4. The number of aldehydes is 1. The van der Waals surface area contributed by atoms with E-state index in [1.807, 2.05) is 30.5 Å². The highest BCUT2D eigenvalue weighted by molar-refractivity contribution is 6.31. The lowest BCUT2D eigenvalue weighted by Crippen LogP contribution is -2.54. The van der Waals surface area contributed by atoms with Crippen molar-refractivity contribution in [1.82, 2.24) is 9.88 Å². The zero-order valence-corrected chi connectivity index (χ0v) is 29.6. The summed E-state index contributed by atoms with van der Waals surface area (Å²) in [6.07, 6.45) is -0.196. The molecule has 1 aromatic heterocycles. The summed E-state index contributed by atoms with van der Waals surface area (Å²) in [5.41, 5.74) is -1.46. The number of hydrogen-bond acceptors (Lipinski definition) is 12. The summed E-state index contributed by atoms with van der Waals surface area (Å²) >= 11 is 0. The topological polar surface area (TPSA) is 194 Å². The van der Waals surface area contributed by atoms with Gasteiger partial charge in [-0.05, 0) is 45.4 Å². The lowest BCUT2D eigenvalue weighted by molar-refractivity contribution is -0.249. The molecule has 3 aliphatic rings. The van der Waals surface area contributed by atoms with Gasteiger partial charge in [0.2, 0.25) is 5.78 Å². The van der Waals surface area contributed by atoms with E-state index >= 15 is 0 Å². The number of fused-ring (bicyclic) bond motifs is 4. The second-order valence-electron chi connectivity index (χ2n) is 14.2. The molecule has 13 heteroatoms. The zero-order chi connectivity index (χ0) is 37.8. The summed E-state index contributed by atoms with van der Waals surface area (Å²) in [6, 6.07) is 11.7. The maximum Gasteiger partial charge on any atom is 0.202 e. The smallest absolute Gasteiger partial charge is 0.202 e. The predicted molar refractivity (Wildman–Crippen MR) is 191 cm³/mol. The number of aliphatic hydroxyl groups excluding tert-OH is 1. The Balaban J connectivity index is 1.12. The van der Waals surface area contributed by atoms with Gasteiger partial charge in [0.25, 0.3) is 0 Å². The molecule has 1 aliphatic heterocycles. The summed E-state index contributed by atoms with van der Waals surface area (Å²) in [7, 11) is 1.35. The normalized spacial score (nSPS) is 25.1. The number of nitrogens with zero attached hydrogens (tertiary/aromatic N) is 1. The van der Waals surface area contributed by atoms with Crippen LogP contribution in [0.1, 0.15) is 99.0 Å². The Morgan fingerprint density at radius 2 is 1.81 bits per heavy atom. The van der Waals surface area contributed by atoms with Gasteiger partial charge in [0.05, 0.1) is 42.1 Å². The number of unbranched alkanes of at least 4 members (excludes halogenated alkanes) is 1. The van der Waals surface area contributed by atoms with Crippen molar-refractivity contribution >= 4 is 34.5 Å². The van der Waals surface area contributed by atoms with Crippen LogP contribution in [0.15, 0.2) is 48.7 Å². The third-order valence-corrected chi connectivity index (χ3v) is 10.9. The fraction of sp³-hybridized carbons (Fsp3) is 0.400. The number of carbonyl (C=O) groups is 4. The number of aromatic nitrogens is 1. The van der Waals surface area contributed by atoms with Crippen LogP contribution in [0.25, 0.3) is 10.9 Å². The maximum atomic E-state index is 13.9. The summed E-state index contributed by atoms with van der Waals surface area (Å²) in [5.74, 6) is -3.19. The molecule has 3 aromatic carbocycles. The van der Waals surface area contributed by atoms with E-state index < -0.39 is 82.6 Å². The highest BCUT2D eigenvalue weighted by atomic mass is 16.7. The minimum atomic E-state index is -2.03.